The van der Waals surface area contributed by atoms with Crippen molar-refractivity contribution in [3.8, 4) is 0 Å². The van der Waals surface area contributed by atoms with Gasteiger partial charge in [-0.1, -0.05) is 25.1 Å². The predicted molar refractivity (Wildman–Crippen MR) is 145 cm³/mol. The number of amides is 1. The number of hydrogen-bond acceptors (Lipinski definition) is 4. The molecule has 0 aliphatic carbocycles. The number of guanidine groups is 1. The van der Waals surface area contributed by atoms with Crippen molar-refractivity contribution in [3.05, 3.63) is 57.8 Å². The summed E-state index contributed by atoms with van der Waals surface area (Å²) < 4.78 is 0. The van der Waals surface area contributed by atoms with E-state index in [9.17, 15) is 4.79 Å². The molecule has 2 unspecified atom stereocenters. The summed E-state index contributed by atoms with van der Waals surface area (Å²) in [6.07, 6.45) is 3.46. The summed E-state index contributed by atoms with van der Waals surface area (Å²) in [5.41, 5.74) is 1.74. The number of nitrogens with zero attached hydrogens (tertiary/aromatic N) is 2. The van der Waals surface area contributed by atoms with E-state index in [2.05, 4.69) is 50.3 Å². The van der Waals surface area contributed by atoms with Gasteiger partial charge in [0.1, 0.15) is 0 Å². The van der Waals surface area contributed by atoms with Crippen molar-refractivity contribution in [1.29, 1.82) is 0 Å². The molecule has 176 valence electrons. The second-order valence-electron chi connectivity index (χ2n) is 8.06. The van der Waals surface area contributed by atoms with E-state index in [1.165, 1.54) is 17.7 Å². The Labute approximate surface area is 213 Å². The van der Waals surface area contributed by atoms with Crippen LogP contribution in [0.25, 0.3) is 0 Å². The van der Waals surface area contributed by atoms with Crippen LogP contribution in [-0.2, 0) is 6.54 Å². The zero-order valence-electron chi connectivity index (χ0n) is 19.3. The lowest BCUT2D eigenvalue weighted by Crippen LogP contribution is -2.42. The average molecular weight is 570 g/mol. The van der Waals surface area contributed by atoms with Gasteiger partial charge in [-0.25, -0.2) is 0 Å². The Kier molecular flexibility index (Phi) is 11.5. The Bertz CT molecular complexity index is 852. The van der Waals surface area contributed by atoms with Crippen LogP contribution in [-0.4, -0.2) is 49.5 Å². The second kappa shape index (κ2) is 13.8. The number of thiophene rings is 1. The summed E-state index contributed by atoms with van der Waals surface area (Å²) in [5.74, 6) is 0.748. The van der Waals surface area contributed by atoms with Crippen molar-refractivity contribution in [2.24, 2.45) is 4.99 Å². The number of hydrogen-bond donors (Lipinski definition) is 3. The average Bonchev–Trinajstić information content (AvgIpc) is 3.51. The van der Waals surface area contributed by atoms with Gasteiger partial charge in [0.25, 0.3) is 5.91 Å². The number of carbonyl (C=O) groups excluding carboxylic acids is 1. The van der Waals surface area contributed by atoms with E-state index >= 15 is 0 Å². The van der Waals surface area contributed by atoms with Gasteiger partial charge in [-0.05, 0) is 68.4 Å². The molecule has 1 aliphatic heterocycles. The number of likely N-dealkylation sites (tertiary alicyclic amines) is 1. The fraction of sp³-hybridized carbons (Fsp3) is 0.500. The SMILES string of the molecule is CCC(C)NC(=O)c1cccc(CNC(=NC)NCC(c2cccs2)N2CCCC2)c1.I. The minimum atomic E-state index is -0.0249. The number of halogens is 1. The van der Waals surface area contributed by atoms with Crippen LogP contribution in [0.5, 0.6) is 0 Å². The van der Waals surface area contributed by atoms with Gasteiger partial charge in [0.15, 0.2) is 5.96 Å². The second-order valence-corrected chi connectivity index (χ2v) is 9.04. The Balaban J connectivity index is 0.00000363. The quantitative estimate of drug-likeness (QED) is 0.238. The summed E-state index contributed by atoms with van der Waals surface area (Å²) in [6, 6.07) is 12.6. The normalized spacial score (nSPS) is 16.2. The molecule has 1 aromatic carbocycles. The van der Waals surface area contributed by atoms with Crippen molar-refractivity contribution in [1.82, 2.24) is 20.9 Å². The highest BCUT2D eigenvalue weighted by molar-refractivity contribution is 14.0. The fourth-order valence-corrected chi connectivity index (χ4v) is 4.64. The van der Waals surface area contributed by atoms with Crippen molar-refractivity contribution < 1.29 is 4.79 Å². The number of carbonyl (C=O) groups is 1. The largest absolute Gasteiger partial charge is 0.354 e. The van der Waals surface area contributed by atoms with Gasteiger partial charge in [0.05, 0.1) is 6.04 Å². The van der Waals surface area contributed by atoms with E-state index in [1.54, 1.807) is 7.05 Å². The molecule has 2 heterocycles. The molecule has 0 radical (unpaired) electrons. The third-order valence-corrected chi connectivity index (χ3v) is 6.75. The van der Waals surface area contributed by atoms with E-state index in [0.717, 1.165) is 37.6 Å². The van der Waals surface area contributed by atoms with Crippen LogP contribution in [0.3, 0.4) is 0 Å². The van der Waals surface area contributed by atoms with Crippen molar-refractivity contribution >= 4 is 47.2 Å². The van der Waals surface area contributed by atoms with Gasteiger partial charge in [0.2, 0.25) is 0 Å². The van der Waals surface area contributed by atoms with E-state index in [0.29, 0.717) is 18.2 Å². The van der Waals surface area contributed by atoms with Gasteiger partial charge in [-0.3, -0.25) is 14.7 Å². The summed E-state index contributed by atoms with van der Waals surface area (Å²) in [7, 11) is 1.79. The molecule has 3 rings (SSSR count). The standard InChI is InChI=1S/C24H35N5OS.HI/c1-4-18(2)28-23(30)20-10-7-9-19(15-20)16-26-24(25-3)27-17-21(22-11-8-14-31-22)29-12-5-6-13-29;/h7-11,14-15,18,21H,4-6,12-13,16-17H2,1-3H3,(H,28,30)(H2,25,26,27);1H. The lowest BCUT2D eigenvalue weighted by Gasteiger charge is -2.27. The lowest BCUT2D eigenvalue weighted by molar-refractivity contribution is 0.0939. The minimum absolute atomic E-state index is 0. The molecule has 0 saturated carbocycles. The number of rotatable bonds is 9. The molecule has 1 aliphatic rings. The molecule has 1 amide bonds. The van der Waals surface area contributed by atoms with Crippen LogP contribution in [0.4, 0.5) is 0 Å². The van der Waals surface area contributed by atoms with Crippen LogP contribution in [0.15, 0.2) is 46.8 Å². The molecule has 3 N–H and O–H groups in total. The van der Waals surface area contributed by atoms with Crippen LogP contribution >= 0.6 is 35.3 Å². The molecule has 32 heavy (non-hydrogen) atoms. The van der Waals surface area contributed by atoms with Gasteiger partial charge in [0, 0.05) is 36.6 Å². The molecule has 6 nitrogen and oxygen atoms in total. The zero-order valence-corrected chi connectivity index (χ0v) is 22.4. The first-order valence-electron chi connectivity index (χ1n) is 11.2. The third-order valence-electron chi connectivity index (χ3n) is 5.78. The predicted octanol–water partition coefficient (Wildman–Crippen LogP) is 4.40. The lowest BCUT2D eigenvalue weighted by atomic mass is 10.1. The maximum atomic E-state index is 12.4. The van der Waals surface area contributed by atoms with Crippen molar-refractivity contribution in [3.63, 3.8) is 0 Å². The van der Waals surface area contributed by atoms with Crippen LogP contribution in [0.2, 0.25) is 0 Å². The highest BCUT2D eigenvalue weighted by atomic mass is 127. The molecule has 1 saturated heterocycles. The van der Waals surface area contributed by atoms with E-state index in [4.69, 9.17) is 0 Å². The Hall–Kier alpha value is -1.65. The van der Waals surface area contributed by atoms with Gasteiger partial charge in [-0.15, -0.1) is 35.3 Å². The third kappa shape index (κ3) is 7.74. The zero-order chi connectivity index (χ0) is 22.1. The number of aliphatic imine (C=N–C) groups is 1. The van der Waals surface area contributed by atoms with Crippen LogP contribution < -0.4 is 16.0 Å². The molecule has 8 heteroatoms. The summed E-state index contributed by atoms with van der Waals surface area (Å²) >= 11 is 1.82. The van der Waals surface area contributed by atoms with Gasteiger partial charge >= 0.3 is 0 Å². The Morgan fingerprint density at radius 3 is 2.62 bits per heavy atom. The molecule has 2 aromatic rings. The maximum absolute atomic E-state index is 12.4. The molecule has 1 aromatic heterocycles. The Morgan fingerprint density at radius 2 is 1.97 bits per heavy atom. The first-order valence-corrected chi connectivity index (χ1v) is 12.1. The molecular weight excluding hydrogens is 533 g/mol. The molecular formula is C24H36IN5OS. The van der Waals surface area contributed by atoms with Crippen molar-refractivity contribution in [2.75, 3.05) is 26.7 Å². The molecule has 0 bridgehead atoms. The molecule has 0 spiro atoms. The fourth-order valence-electron chi connectivity index (χ4n) is 3.78. The van der Waals surface area contributed by atoms with E-state index in [1.807, 2.05) is 42.5 Å². The highest BCUT2D eigenvalue weighted by Crippen LogP contribution is 2.27. The topological polar surface area (TPSA) is 68.8 Å². The van der Waals surface area contributed by atoms with Crippen molar-refractivity contribution in [2.45, 2.75) is 51.7 Å². The van der Waals surface area contributed by atoms with E-state index < -0.39 is 0 Å². The maximum Gasteiger partial charge on any atom is 0.251 e. The van der Waals surface area contributed by atoms with Gasteiger partial charge in [-0.2, -0.15) is 0 Å². The van der Waals surface area contributed by atoms with Gasteiger partial charge < -0.3 is 16.0 Å². The monoisotopic (exact) mass is 569 g/mol. The summed E-state index contributed by atoms with van der Waals surface area (Å²) in [5, 5.41) is 12.1. The smallest absolute Gasteiger partial charge is 0.251 e. The summed E-state index contributed by atoms with van der Waals surface area (Å²) in [4.78, 5) is 20.8. The Morgan fingerprint density at radius 1 is 1.19 bits per heavy atom. The first-order chi connectivity index (χ1) is 15.1. The van der Waals surface area contributed by atoms with Crippen LogP contribution in [0, 0.1) is 0 Å². The van der Waals surface area contributed by atoms with Crippen LogP contribution in [0.1, 0.15) is 60.0 Å². The molecule has 1 fully saturated rings. The molecule has 2 atom stereocenters. The number of nitrogens with one attached hydrogen (secondary N) is 3. The summed E-state index contributed by atoms with van der Waals surface area (Å²) in [6.45, 7) is 7.82. The van der Waals surface area contributed by atoms with E-state index in [-0.39, 0.29) is 35.9 Å². The highest BCUT2D eigenvalue weighted by Gasteiger charge is 2.24. The number of benzene rings is 1. The minimum Gasteiger partial charge on any atom is -0.354 e. The first kappa shape index (κ1) is 26.6.